The summed E-state index contributed by atoms with van der Waals surface area (Å²) in [4.78, 5) is 39.9. The summed E-state index contributed by atoms with van der Waals surface area (Å²) in [5, 5.41) is 3.20. The zero-order valence-electron chi connectivity index (χ0n) is 18.5. The summed E-state index contributed by atoms with van der Waals surface area (Å²) in [6, 6.07) is 11.8. The highest BCUT2D eigenvalue weighted by Crippen LogP contribution is 2.30. The third-order valence-electron chi connectivity index (χ3n) is 5.49. The fraction of sp³-hybridized carbons (Fsp3) is 0.348. The molecule has 1 heterocycles. The van der Waals surface area contributed by atoms with Gasteiger partial charge in [0.1, 0.15) is 17.5 Å². The van der Waals surface area contributed by atoms with Crippen molar-refractivity contribution in [3.05, 3.63) is 64.7 Å². The molecule has 0 fully saturated rings. The third-order valence-corrected chi connectivity index (χ3v) is 7.64. The summed E-state index contributed by atoms with van der Waals surface area (Å²) < 4.78 is 26.3. The number of nitrogens with zero attached hydrogens (tertiary/aromatic N) is 2. The Balaban J connectivity index is 1.87. The number of hydrogen-bond donors (Lipinski definition) is 1. The Morgan fingerprint density at radius 1 is 1.12 bits per heavy atom. The van der Waals surface area contributed by atoms with E-state index in [0.29, 0.717) is 21.4 Å². The number of rotatable bonds is 9. The van der Waals surface area contributed by atoms with Gasteiger partial charge in [0.2, 0.25) is 11.8 Å². The van der Waals surface area contributed by atoms with Crippen molar-refractivity contribution in [3.8, 4) is 0 Å². The number of carbonyl (C=O) groups is 3. The Hall–Kier alpha value is -2.91. The zero-order valence-corrected chi connectivity index (χ0v) is 20.0. The van der Waals surface area contributed by atoms with Crippen LogP contribution < -0.4 is 5.32 Å². The summed E-state index contributed by atoms with van der Waals surface area (Å²) in [5.41, 5.74) is 0.618. The molecule has 1 N–H and O–H groups in total. The van der Waals surface area contributed by atoms with Gasteiger partial charge in [-0.25, -0.2) is 12.7 Å². The van der Waals surface area contributed by atoms with Gasteiger partial charge in [0.15, 0.2) is 0 Å². The van der Waals surface area contributed by atoms with E-state index in [1.807, 2.05) is 6.92 Å². The maximum Gasteiger partial charge on any atom is 0.269 e. The molecule has 0 aromatic heterocycles. The Labute approximate surface area is 198 Å². The molecule has 3 rings (SSSR count). The van der Waals surface area contributed by atoms with Crippen LogP contribution in [0.15, 0.2) is 53.4 Å². The molecular formula is C23H26ClN3O5S. The van der Waals surface area contributed by atoms with E-state index in [1.165, 1.54) is 23.1 Å². The monoisotopic (exact) mass is 491 g/mol. The van der Waals surface area contributed by atoms with Crippen molar-refractivity contribution in [2.45, 2.75) is 44.2 Å². The number of unbranched alkanes of at least 4 members (excludes halogenated alkanes) is 1. The SMILES string of the molecule is CCCCNC(=O)[C@H](C)N(Cc1ccccc1Cl)C(=O)CN1C(=O)c2ccccc2S1(=O)=O. The maximum atomic E-state index is 13.3. The van der Waals surface area contributed by atoms with Crippen LogP contribution in [0.5, 0.6) is 0 Å². The van der Waals surface area contributed by atoms with Crippen LogP contribution in [0.1, 0.15) is 42.6 Å². The van der Waals surface area contributed by atoms with Crippen LogP contribution >= 0.6 is 11.6 Å². The lowest BCUT2D eigenvalue weighted by Crippen LogP contribution is -2.51. The van der Waals surface area contributed by atoms with Crippen molar-refractivity contribution >= 4 is 39.3 Å². The van der Waals surface area contributed by atoms with Gasteiger partial charge >= 0.3 is 0 Å². The molecule has 2 aromatic carbocycles. The van der Waals surface area contributed by atoms with Crippen molar-refractivity contribution in [2.24, 2.45) is 0 Å². The lowest BCUT2D eigenvalue weighted by molar-refractivity contribution is -0.140. The molecule has 33 heavy (non-hydrogen) atoms. The fourth-order valence-electron chi connectivity index (χ4n) is 3.53. The van der Waals surface area contributed by atoms with Gasteiger partial charge in [-0.1, -0.05) is 55.3 Å². The van der Waals surface area contributed by atoms with Crippen LogP contribution in [0.25, 0.3) is 0 Å². The molecule has 0 bridgehead atoms. The summed E-state index contributed by atoms with van der Waals surface area (Å²) in [6.45, 7) is 3.28. The molecule has 0 aliphatic carbocycles. The van der Waals surface area contributed by atoms with Gasteiger partial charge < -0.3 is 10.2 Å². The van der Waals surface area contributed by atoms with E-state index in [1.54, 1.807) is 37.3 Å². The second kappa shape index (κ2) is 10.4. The number of halogens is 1. The van der Waals surface area contributed by atoms with Gasteiger partial charge in [0, 0.05) is 18.1 Å². The summed E-state index contributed by atoms with van der Waals surface area (Å²) >= 11 is 6.26. The van der Waals surface area contributed by atoms with Gasteiger partial charge in [-0.05, 0) is 37.1 Å². The van der Waals surface area contributed by atoms with Crippen molar-refractivity contribution < 1.29 is 22.8 Å². The lowest BCUT2D eigenvalue weighted by Gasteiger charge is -2.30. The quantitative estimate of drug-likeness (QED) is 0.543. The average Bonchev–Trinajstić information content (AvgIpc) is 2.99. The first kappa shape index (κ1) is 24.7. The molecule has 8 nitrogen and oxygen atoms in total. The first-order chi connectivity index (χ1) is 15.7. The van der Waals surface area contributed by atoms with Crippen LogP contribution in [-0.4, -0.2) is 54.5 Å². The molecule has 3 amide bonds. The number of benzene rings is 2. The average molecular weight is 492 g/mol. The Morgan fingerprint density at radius 3 is 2.45 bits per heavy atom. The topological polar surface area (TPSA) is 104 Å². The molecule has 1 atom stereocenters. The number of nitrogens with one attached hydrogen (secondary N) is 1. The predicted octanol–water partition coefficient (Wildman–Crippen LogP) is 2.82. The summed E-state index contributed by atoms with van der Waals surface area (Å²) in [5.74, 6) is -1.82. The molecule has 2 aromatic rings. The number of hydrogen-bond acceptors (Lipinski definition) is 5. The Morgan fingerprint density at radius 2 is 1.79 bits per heavy atom. The third kappa shape index (κ3) is 5.20. The number of fused-ring (bicyclic) bond motifs is 1. The minimum atomic E-state index is -4.16. The highest BCUT2D eigenvalue weighted by Gasteiger charge is 2.43. The van der Waals surface area contributed by atoms with E-state index in [2.05, 4.69) is 5.32 Å². The fourth-order valence-corrected chi connectivity index (χ4v) is 5.24. The minimum Gasteiger partial charge on any atom is -0.354 e. The van der Waals surface area contributed by atoms with Crippen LogP contribution in [-0.2, 0) is 26.2 Å². The molecule has 1 aliphatic heterocycles. The molecule has 0 spiro atoms. The smallest absolute Gasteiger partial charge is 0.269 e. The molecule has 10 heteroatoms. The molecule has 0 unspecified atom stereocenters. The van der Waals surface area contributed by atoms with E-state index in [9.17, 15) is 22.8 Å². The number of sulfonamides is 1. The Bertz CT molecular complexity index is 1170. The highest BCUT2D eigenvalue weighted by atomic mass is 35.5. The molecule has 0 saturated heterocycles. The van der Waals surface area contributed by atoms with Crippen molar-refractivity contribution in [3.63, 3.8) is 0 Å². The van der Waals surface area contributed by atoms with E-state index in [4.69, 9.17) is 11.6 Å². The molecule has 0 saturated carbocycles. The lowest BCUT2D eigenvalue weighted by atomic mass is 10.1. The first-order valence-electron chi connectivity index (χ1n) is 10.6. The molecular weight excluding hydrogens is 466 g/mol. The molecule has 176 valence electrons. The van der Waals surface area contributed by atoms with Crippen molar-refractivity contribution in [1.29, 1.82) is 0 Å². The van der Waals surface area contributed by atoms with Crippen LogP contribution in [0.3, 0.4) is 0 Å². The van der Waals surface area contributed by atoms with Crippen molar-refractivity contribution in [1.82, 2.24) is 14.5 Å². The van der Waals surface area contributed by atoms with E-state index >= 15 is 0 Å². The largest absolute Gasteiger partial charge is 0.354 e. The predicted molar refractivity (Wildman–Crippen MR) is 124 cm³/mol. The van der Waals surface area contributed by atoms with Gasteiger partial charge in [0.05, 0.1) is 5.56 Å². The van der Waals surface area contributed by atoms with Gasteiger partial charge in [0.25, 0.3) is 15.9 Å². The van der Waals surface area contributed by atoms with Gasteiger partial charge in [-0.2, -0.15) is 0 Å². The standard InChI is InChI=1S/C23H26ClN3O5S/c1-3-4-13-25-22(29)16(2)26(14-17-9-5-7-11-19(17)24)21(28)15-27-23(30)18-10-6-8-12-20(18)33(27,31)32/h5-12,16H,3-4,13-15H2,1-2H3,(H,25,29)/t16-/m0/s1. The summed E-state index contributed by atoms with van der Waals surface area (Å²) in [7, 11) is -4.16. The second-order valence-corrected chi connectivity index (χ2v) is 9.98. The first-order valence-corrected chi connectivity index (χ1v) is 12.5. The minimum absolute atomic E-state index is 0.0180. The van der Waals surface area contributed by atoms with Crippen LogP contribution in [0, 0.1) is 0 Å². The highest BCUT2D eigenvalue weighted by molar-refractivity contribution is 7.90. The van der Waals surface area contributed by atoms with E-state index < -0.39 is 34.4 Å². The normalized spacial score (nSPS) is 15.1. The molecule has 1 aliphatic rings. The van der Waals surface area contributed by atoms with Crippen LogP contribution in [0.2, 0.25) is 5.02 Å². The van der Waals surface area contributed by atoms with Crippen LogP contribution in [0.4, 0.5) is 0 Å². The van der Waals surface area contributed by atoms with E-state index in [-0.39, 0.29) is 22.9 Å². The Kier molecular flexibility index (Phi) is 7.76. The number of amides is 3. The maximum absolute atomic E-state index is 13.3. The van der Waals surface area contributed by atoms with Gasteiger partial charge in [-0.15, -0.1) is 0 Å². The van der Waals surface area contributed by atoms with E-state index in [0.717, 1.165) is 12.8 Å². The van der Waals surface area contributed by atoms with Gasteiger partial charge in [-0.3, -0.25) is 14.4 Å². The number of carbonyl (C=O) groups excluding carboxylic acids is 3. The molecule has 0 radical (unpaired) electrons. The van der Waals surface area contributed by atoms with Crippen molar-refractivity contribution in [2.75, 3.05) is 13.1 Å². The zero-order chi connectivity index (χ0) is 24.2. The second-order valence-electron chi connectivity index (χ2n) is 7.75. The summed E-state index contributed by atoms with van der Waals surface area (Å²) in [6.07, 6.45) is 1.68.